The number of methoxy groups -OCH3 is 1. The molecule has 3 aromatic carbocycles. The molecule has 2 fully saturated rings. The first kappa shape index (κ1) is 66.7. The molecule has 3 aromatic rings. The van der Waals surface area contributed by atoms with Crippen molar-refractivity contribution in [3.8, 4) is 30.1 Å². The fourth-order valence-electron chi connectivity index (χ4n) is 10.9. The fourth-order valence-corrected chi connectivity index (χ4v) is 10.9. The highest BCUT2D eigenvalue weighted by molar-refractivity contribution is 6.16. The number of nitrogens with one attached hydrogen (secondary N) is 1. The molecule has 6 atom stereocenters. The van der Waals surface area contributed by atoms with E-state index in [4.69, 9.17) is 24.6 Å². The second kappa shape index (κ2) is 31.9. The Bertz CT molecular complexity index is 2750. The first-order valence-corrected chi connectivity index (χ1v) is 28.2. The van der Waals surface area contributed by atoms with Gasteiger partial charge < -0.3 is 49.9 Å². The van der Waals surface area contributed by atoms with Gasteiger partial charge in [-0.1, -0.05) is 118 Å². The molecule has 5 N–H and O–H groups in total. The van der Waals surface area contributed by atoms with Gasteiger partial charge in [-0.2, -0.15) is 0 Å². The minimum atomic E-state index is -0.929. The van der Waals surface area contributed by atoms with Gasteiger partial charge in [0.05, 0.1) is 29.5 Å². The van der Waals surface area contributed by atoms with Crippen LogP contribution >= 0.6 is 0 Å². The normalized spacial score (nSPS) is 23.9. The maximum atomic E-state index is 14.7. The van der Waals surface area contributed by atoms with Crippen molar-refractivity contribution in [3.05, 3.63) is 88.1 Å². The predicted octanol–water partition coefficient (Wildman–Crippen LogP) is 9.10. The van der Waals surface area contributed by atoms with Crippen molar-refractivity contribution >= 4 is 45.7 Å². The van der Waals surface area contributed by atoms with Crippen molar-refractivity contribution in [3.63, 3.8) is 0 Å². The van der Waals surface area contributed by atoms with Crippen molar-refractivity contribution in [2.45, 2.75) is 139 Å². The molecule has 0 radical (unpaired) electrons. The van der Waals surface area contributed by atoms with E-state index < -0.39 is 47.8 Å². The number of para-hydroxylation sites is 1. The van der Waals surface area contributed by atoms with Gasteiger partial charge in [-0.25, -0.2) is 0 Å². The number of phenols is 2. The number of phenolic OH excluding ortho intramolecular Hbond substituents is 2. The Labute approximate surface area is 470 Å². The summed E-state index contributed by atoms with van der Waals surface area (Å²) in [7, 11) is 2.42. The molecule has 2 saturated heterocycles. The van der Waals surface area contributed by atoms with E-state index in [1.54, 1.807) is 37.0 Å². The molecule has 434 valence electrons. The van der Waals surface area contributed by atoms with E-state index in [0.29, 0.717) is 63.4 Å². The third-order valence-corrected chi connectivity index (χ3v) is 14.9. The largest absolute Gasteiger partial charge is 0.507 e. The smallest absolute Gasteiger partial charge is 0.315 e. The lowest BCUT2D eigenvalue weighted by Gasteiger charge is -2.36. The number of piperazine rings is 1. The number of hydrogen-bond acceptors (Lipinski definition) is 14. The minimum absolute atomic E-state index is 0.00315. The number of likely N-dealkylation sites (tertiary alicyclic amines) is 1. The van der Waals surface area contributed by atoms with Gasteiger partial charge in [0, 0.05) is 100 Å². The van der Waals surface area contributed by atoms with Crippen LogP contribution in [0.25, 0.3) is 10.8 Å². The van der Waals surface area contributed by atoms with Crippen LogP contribution in [-0.4, -0.2) is 132 Å². The number of rotatable bonds is 7. The Morgan fingerprint density at radius 3 is 2.05 bits per heavy atom. The number of esters is 1. The molecule has 8 rings (SSSR count). The summed E-state index contributed by atoms with van der Waals surface area (Å²) < 4.78 is 12.1. The summed E-state index contributed by atoms with van der Waals surface area (Å²) >= 11 is 0. The fraction of sp³-hybridized carbons (Fsp3) is 0.556. The highest BCUT2D eigenvalue weighted by Gasteiger charge is 2.40. The number of amides is 2. The molecule has 5 aliphatic rings. The number of allylic oxidation sites excluding steroid dienone is 5. The number of carbonyl (C=O) groups excluding carboxylic acids is 4. The van der Waals surface area contributed by atoms with E-state index in [0.717, 1.165) is 32.4 Å². The number of anilines is 2. The van der Waals surface area contributed by atoms with Gasteiger partial charge >= 0.3 is 5.97 Å². The summed E-state index contributed by atoms with van der Waals surface area (Å²) in [6, 6.07) is 10.0. The summed E-state index contributed by atoms with van der Waals surface area (Å²) in [5.41, 5.74) is 0.823. The summed E-state index contributed by atoms with van der Waals surface area (Å²) in [4.78, 5) is 72.7. The van der Waals surface area contributed by atoms with Crippen LogP contribution in [0.4, 0.5) is 11.4 Å². The number of ketones is 1. The van der Waals surface area contributed by atoms with E-state index >= 15 is 0 Å². The lowest BCUT2D eigenvalue weighted by molar-refractivity contribution is -0.161. The van der Waals surface area contributed by atoms with E-state index in [9.17, 15) is 34.5 Å². The molecule has 2 amide bonds. The SMILES string of the molecule is C#C.CC.CC.CO.COc1c(C)c(O)c2c(O)c3c4c(c2c1C(=O)C/C=C/C[C@@H](C)C(OC(=O)CC(=O)N1CCN(c2ccccc2)CC1)[C@H](C)[C@H](O)[C@H](C)C[C@@H](C)/C=C/C=C(/C)C(=O)N3)=NC1(CCN(CC(C)C)CC1)N=4. The van der Waals surface area contributed by atoms with Crippen molar-refractivity contribution in [2.75, 3.05) is 70.2 Å². The molecular weight excluding hydrogens is 1000 g/mol. The molecule has 1 unspecified atom stereocenters. The number of nitrogens with zero attached hydrogens (tertiary/aromatic N) is 5. The van der Waals surface area contributed by atoms with Crippen molar-refractivity contribution < 1.29 is 49.1 Å². The molecule has 0 aromatic heterocycles. The van der Waals surface area contributed by atoms with Crippen LogP contribution in [0.5, 0.6) is 17.2 Å². The zero-order chi connectivity index (χ0) is 59.3. The van der Waals surface area contributed by atoms with E-state index in [2.05, 4.69) is 41.8 Å². The molecular formula is C63H92N6O10. The van der Waals surface area contributed by atoms with E-state index in [-0.39, 0.29) is 85.7 Å². The number of piperidine rings is 1. The van der Waals surface area contributed by atoms with Crippen LogP contribution in [0, 0.1) is 49.4 Å². The number of benzene rings is 3. The van der Waals surface area contributed by atoms with E-state index in [1.807, 2.05) is 97.9 Å². The van der Waals surface area contributed by atoms with Crippen molar-refractivity contribution in [2.24, 2.45) is 39.6 Å². The molecule has 1 spiro atoms. The molecule has 79 heavy (non-hydrogen) atoms. The first-order valence-electron chi connectivity index (χ1n) is 28.2. The highest BCUT2D eigenvalue weighted by Crippen LogP contribution is 2.45. The van der Waals surface area contributed by atoms with Crippen LogP contribution in [0.2, 0.25) is 0 Å². The second-order valence-electron chi connectivity index (χ2n) is 20.8. The van der Waals surface area contributed by atoms with Gasteiger partial charge in [-0.05, 0) is 62.5 Å². The maximum absolute atomic E-state index is 14.7. The topological polar surface area (TPSA) is 214 Å². The Morgan fingerprint density at radius 2 is 1.46 bits per heavy atom. The number of aromatic hydroxyl groups is 2. The summed E-state index contributed by atoms with van der Waals surface area (Å²) in [6.07, 6.45) is 16.9. The molecule has 0 aliphatic carbocycles. The number of terminal acetylenes is 1. The number of fused-ring (bicyclic) bond motifs is 14. The van der Waals surface area contributed by atoms with Crippen LogP contribution in [0.15, 0.2) is 76.3 Å². The zero-order valence-corrected chi connectivity index (χ0v) is 49.6. The van der Waals surface area contributed by atoms with Crippen LogP contribution in [0.3, 0.4) is 0 Å². The molecule has 0 saturated carbocycles. The number of carbonyl (C=O) groups is 4. The van der Waals surface area contributed by atoms with Crippen LogP contribution in [-0.2, 0) is 19.1 Å². The molecule has 5 aliphatic heterocycles. The number of aliphatic hydroxyl groups excluding tert-OH is 2. The van der Waals surface area contributed by atoms with Gasteiger partial charge in [-0.3, -0.25) is 29.2 Å². The van der Waals surface area contributed by atoms with Gasteiger partial charge in [-0.15, -0.1) is 12.8 Å². The lowest BCUT2D eigenvalue weighted by atomic mass is 9.80. The Kier molecular flexibility index (Phi) is 26.9. The molecule has 5 heterocycles. The Balaban J connectivity index is 0.00000196. The number of aliphatic hydroxyl groups is 2. The average molecular weight is 1090 g/mol. The molecule has 16 heteroatoms. The summed E-state index contributed by atoms with van der Waals surface area (Å²) in [5, 5.41) is 46.5. The zero-order valence-electron chi connectivity index (χ0n) is 49.6. The Morgan fingerprint density at radius 1 is 0.848 bits per heavy atom. The average Bonchev–Trinajstić information content (AvgIpc) is 3.83. The van der Waals surface area contributed by atoms with Crippen molar-refractivity contribution in [1.82, 2.24) is 9.80 Å². The summed E-state index contributed by atoms with van der Waals surface area (Å²) in [5.74, 6) is -3.12. The predicted molar refractivity (Wildman–Crippen MR) is 316 cm³/mol. The quantitative estimate of drug-likeness (QED) is 0.0493. The second-order valence-corrected chi connectivity index (χ2v) is 20.8. The lowest BCUT2D eigenvalue weighted by Crippen LogP contribution is -2.49. The van der Waals surface area contributed by atoms with Crippen LogP contribution < -0.4 is 25.7 Å². The summed E-state index contributed by atoms with van der Waals surface area (Å²) in [6.45, 7) is 28.0. The molecule has 16 nitrogen and oxygen atoms in total. The Hall–Kier alpha value is -6.54. The van der Waals surface area contributed by atoms with Crippen LogP contribution in [0.1, 0.15) is 131 Å². The minimum Gasteiger partial charge on any atom is -0.507 e. The van der Waals surface area contributed by atoms with Gasteiger partial charge in [0.25, 0.3) is 5.91 Å². The van der Waals surface area contributed by atoms with Gasteiger partial charge in [0.15, 0.2) is 17.2 Å². The van der Waals surface area contributed by atoms with Gasteiger partial charge in [0.1, 0.15) is 35.1 Å². The number of Topliss-reactive ketones (excluding diaryl/α,β-unsaturated/α-hetero) is 1. The monoisotopic (exact) mass is 1090 g/mol. The maximum Gasteiger partial charge on any atom is 0.315 e. The molecule has 4 bridgehead atoms. The van der Waals surface area contributed by atoms with Gasteiger partial charge in [0.2, 0.25) is 5.91 Å². The number of ether oxygens (including phenoxy) is 2. The first-order chi connectivity index (χ1) is 37.8. The third-order valence-electron chi connectivity index (χ3n) is 14.9. The third kappa shape index (κ3) is 16.5. The standard InChI is InChI=1S/C56H74N6O9.2C2H6.C2H2.CH4O/c1-33(2)32-60-24-22-56(23-25-60)58-47-45-44-41(63)21-14-13-17-35(4)53(71-43(65)31-42(64)62-28-26-61(27-29-62)40-19-11-10-12-20-40)38(7)50(66)37(6)30-34(3)16-15-18-36(5)55(69)57-49(48(47)59-56)52(68)46(45)51(67)39(8)54(44)70-9;4*1-2/h10-16,18-20,33-35,37-38,50,53,66-68H,17,21-32H2,1-9H3,(H,57,69);2*1-2H3;1-2H;2H,1H3/b14-13+,16-15+,36-18-;;;;/t34-,35+,37+,38+,50+,53?;;;;/m0..../s1. The van der Waals surface area contributed by atoms with E-state index in [1.165, 1.54) is 7.11 Å². The number of hydrogen-bond donors (Lipinski definition) is 5. The van der Waals surface area contributed by atoms with Crippen molar-refractivity contribution in [1.29, 1.82) is 0 Å². The highest BCUT2D eigenvalue weighted by atomic mass is 16.5.